The van der Waals surface area contributed by atoms with Crippen LogP contribution in [0.1, 0.15) is 38.8 Å². The molecule has 2 aromatic carbocycles. The molecule has 2 aromatic rings. The molecule has 0 amide bonds. The van der Waals surface area contributed by atoms with Gasteiger partial charge in [-0.05, 0) is 49.2 Å². The van der Waals surface area contributed by atoms with Crippen LogP contribution in [-0.4, -0.2) is 24.8 Å². The molecule has 2 fully saturated rings. The summed E-state index contributed by atoms with van der Waals surface area (Å²) in [5.74, 6) is 1.69. The first-order valence-electron chi connectivity index (χ1n) is 8.79. The van der Waals surface area contributed by atoms with Gasteiger partial charge < -0.3 is 18.9 Å². The Morgan fingerprint density at radius 3 is 1.28 bits per heavy atom. The third kappa shape index (κ3) is 3.51. The molecule has 0 saturated carbocycles. The number of hydrogen-bond donors (Lipinski definition) is 0. The number of ether oxygens (including phenoxy) is 4. The fourth-order valence-corrected chi connectivity index (χ4v) is 2.91. The summed E-state index contributed by atoms with van der Waals surface area (Å²) >= 11 is 0. The number of rotatable bonds is 6. The van der Waals surface area contributed by atoms with Crippen LogP contribution in [0.2, 0.25) is 0 Å². The smallest absolute Gasteiger partial charge is 0.226 e. The van der Waals surface area contributed by atoms with E-state index in [0.717, 1.165) is 11.5 Å². The van der Waals surface area contributed by atoms with E-state index in [4.69, 9.17) is 18.9 Å². The Morgan fingerprint density at radius 1 is 0.680 bits per heavy atom. The van der Waals surface area contributed by atoms with E-state index in [-0.39, 0.29) is 30.2 Å². The fourth-order valence-electron chi connectivity index (χ4n) is 2.91. The molecule has 4 atom stereocenters. The minimum Gasteiger partial charge on any atom is -0.462 e. The van der Waals surface area contributed by atoms with Crippen molar-refractivity contribution in [3.05, 3.63) is 59.7 Å². The highest BCUT2D eigenvalue weighted by molar-refractivity contribution is 5.42. The van der Waals surface area contributed by atoms with Crippen molar-refractivity contribution in [1.82, 2.24) is 0 Å². The maximum Gasteiger partial charge on any atom is 0.226 e. The van der Waals surface area contributed by atoms with Gasteiger partial charge in [0.1, 0.15) is 23.7 Å². The second kappa shape index (κ2) is 6.04. The zero-order valence-corrected chi connectivity index (χ0v) is 15.1. The van der Waals surface area contributed by atoms with E-state index in [9.17, 15) is 0 Å². The van der Waals surface area contributed by atoms with Gasteiger partial charge in [-0.2, -0.15) is 0 Å². The summed E-state index contributed by atoms with van der Waals surface area (Å²) in [6, 6.07) is 16.5. The van der Waals surface area contributed by atoms with Crippen molar-refractivity contribution in [2.45, 2.75) is 57.9 Å². The lowest BCUT2D eigenvalue weighted by Crippen LogP contribution is -2.18. The Kier molecular flexibility index (Phi) is 3.97. The van der Waals surface area contributed by atoms with Gasteiger partial charge in [-0.15, -0.1) is 0 Å². The Hall–Kier alpha value is -2.04. The Morgan fingerprint density at radius 2 is 1.00 bits per heavy atom. The summed E-state index contributed by atoms with van der Waals surface area (Å²) in [4.78, 5) is 0. The number of benzene rings is 2. The summed E-state index contributed by atoms with van der Waals surface area (Å²) in [6.45, 7) is 8.45. The predicted molar refractivity (Wildman–Crippen MR) is 94.9 cm³/mol. The van der Waals surface area contributed by atoms with Gasteiger partial charge in [0.25, 0.3) is 0 Å². The van der Waals surface area contributed by atoms with E-state index >= 15 is 0 Å². The molecule has 2 aliphatic heterocycles. The monoisotopic (exact) mass is 340 g/mol. The minimum atomic E-state index is -0.107. The largest absolute Gasteiger partial charge is 0.462 e. The summed E-state index contributed by atoms with van der Waals surface area (Å²) < 4.78 is 22.0. The zero-order valence-electron chi connectivity index (χ0n) is 15.1. The molecule has 0 radical (unpaired) electrons. The average molecular weight is 340 g/mol. The van der Waals surface area contributed by atoms with Gasteiger partial charge in [0.2, 0.25) is 12.6 Å². The zero-order chi connectivity index (χ0) is 17.6. The van der Waals surface area contributed by atoms with E-state index < -0.39 is 0 Å². The molecule has 0 aromatic heterocycles. The van der Waals surface area contributed by atoms with Crippen molar-refractivity contribution in [2.75, 3.05) is 0 Å². The maximum absolute atomic E-state index is 5.73. The number of epoxide rings is 2. The van der Waals surface area contributed by atoms with Crippen LogP contribution < -0.4 is 9.47 Å². The van der Waals surface area contributed by atoms with Crippen molar-refractivity contribution in [1.29, 1.82) is 0 Å². The lowest BCUT2D eigenvalue weighted by Gasteiger charge is -2.26. The fraction of sp³-hybridized carbons (Fsp3) is 0.429. The van der Waals surface area contributed by atoms with Crippen LogP contribution in [0, 0.1) is 0 Å². The quantitative estimate of drug-likeness (QED) is 0.737. The molecule has 0 bridgehead atoms. The van der Waals surface area contributed by atoms with Crippen molar-refractivity contribution in [3.8, 4) is 11.5 Å². The standard InChI is InChI=1S/C21H24O4/c1-13-19(22-13)24-17-9-5-15(6-10-17)21(3,4)16-7-11-18(12-8-16)25-20-14(2)23-20/h5-14,19-20H,1-4H3. The molecule has 4 rings (SSSR count). The van der Waals surface area contributed by atoms with Gasteiger partial charge in [-0.3, -0.25) is 0 Å². The number of hydrogen-bond acceptors (Lipinski definition) is 4. The normalized spacial score (nSPS) is 27.7. The third-order valence-corrected chi connectivity index (χ3v) is 4.97. The molecule has 4 heteroatoms. The summed E-state index contributed by atoms with van der Waals surface area (Å²) in [6.07, 6.45) is 0.205. The molecule has 2 aliphatic rings. The Bertz CT molecular complexity index is 672. The third-order valence-electron chi connectivity index (χ3n) is 4.97. The van der Waals surface area contributed by atoms with Crippen LogP contribution in [0.15, 0.2) is 48.5 Å². The Labute approximate surface area is 148 Å². The molecule has 2 heterocycles. The lowest BCUT2D eigenvalue weighted by atomic mass is 9.78. The first-order chi connectivity index (χ1) is 11.9. The lowest BCUT2D eigenvalue weighted by molar-refractivity contribution is 0.178. The van der Waals surface area contributed by atoms with E-state index in [1.807, 2.05) is 38.1 Å². The second-order valence-electron chi connectivity index (χ2n) is 7.33. The highest BCUT2D eigenvalue weighted by atomic mass is 16.8. The van der Waals surface area contributed by atoms with E-state index in [1.165, 1.54) is 11.1 Å². The highest BCUT2D eigenvalue weighted by Crippen LogP contribution is 2.35. The first kappa shape index (κ1) is 16.4. The molecule has 4 nitrogen and oxygen atoms in total. The van der Waals surface area contributed by atoms with Gasteiger partial charge in [-0.25, -0.2) is 0 Å². The second-order valence-corrected chi connectivity index (χ2v) is 7.33. The van der Waals surface area contributed by atoms with Crippen LogP contribution in [0.3, 0.4) is 0 Å². The molecule has 0 N–H and O–H groups in total. The summed E-state index contributed by atoms with van der Waals surface area (Å²) in [5, 5.41) is 0. The van der Waals surface area contributed by atoms with Crippen molar-refractivity contribution < 1.29 is 18.9 Å². The summed E-state index contributed by atoms with van der Waals surface area (Å²) in [7, 11) is 0. The van der Waals surface area contributed by atoms with Gasteiger partial charge in [0, 0.05) is 5.41 Å². The molecule has 4 unspecified atom stereocenters. The van der Waals surface area contributed by atoms with Gasteiger partial charge >= 0.3 is 0 Å². The first-order valence-corrected chi connectivity index (χ1v) is 8.79. The molecular weight excluding hydrogens is 316 g/mol. The van der Waals surface area contributed by atoms with Gasteiger partial charge in [-0.1, -0.05) is 38.1 Å². The van der Waals surface area contributed by atoms with Crippen LogP contribution in [-0.2, 0) is 14.9 Å². The molecule has 2 saturated heterocycles. The minimum absolute atomic E-state index is 0.0930. The van der Waals surface area contributed by atoms with Gasteiger partial charge in [0.05, 0.1) is 0 Å². The average Bonchev–Trinajstić information content (AvgIpc) is 3.48. The summed E-state index contributed by atoms with van der Waals surface area (Å²) in [5.41, 5.74) is 2.36. The Balaban J connectivity index is 1.46. The van der Waals surface area contributed by atoms with Crippen molar-refractivity contribution in [3.63, 3.8) is 0 Å². The van der Waals surface area contributed by atoms with Crippen LogP contribution in [0.4, 0.5) is 0 Å². The van der Waals surface area contributed by atoms with Gasteiger partial charge in [0.15, 0.2) is 0 Å². The van der Waals surface area contributed by atoms with E-state index in [0.29, 0.717) is 0 Å². The van der Waals surface area contributed by atoms with Crippen LogP contribution >= 0.6 is 0 Å². The van der Waals surface area contributed by atoms with Crippen molar-refractivity contribution >= 4 is 0 Å². The maximum atomic E-state index is 5.73. The molecule has 0 spiro atoms. The SMILES string of the molecule is CC1OC1Oc1ccc(C(C)(C)c2ccc(OC3OC3C)cc2)cc1. The molecular formula is C21H24O4. The van der Waals surface area contributed by atoms with E-state index in [2.05, 4.69) is 38.1 Å². The highest BCUT2D eigenvalue weighted by Gasteiger charge is 2.37. The molecule has 25 heavy (non-hydrogen) atoms. The van der Waals surface area contributed by atoms with Crippen LogP contribution in [0.5, 0.6) is 11.5 Å². The topological polar surface area (TPSA) is 43.5 Å². The predicted octanol–water partition coefficient (Wildman–Crippen LogP) is 4.26. The molecule has 0 aliphatic carbocycles. The van der Waals surface area contributed by atoms with Crippen molar-refractivity contribution in [2.24, 2.45) is 0 Å². The molecule has 132 valence electrons. The van der Waals surface area contributed by atoms with E-state index in [1.54, 1.807) is 0 Å². The van der Waals surface area contributed by atoms with Crippen LogP contribution in [0.25, 0.3) is 0 Å².